The number of alkyl halides is 1. The van der Waals surface area contributed by atoms with Crippen LogP contribution in [0.3, 0.4) is 0 Å². The van der Waals surface area contributed by atoms with Crippen molar-refractivity contribution >= 4 is 0 Å². The van der Waals surface area contributed by atoms with Crippen LogP contribution in [0.4, 0.5) is 4.39 Å². The predicted octanol–water partition coefficient (Wildman–Crippen LogP) is 2.11. The first kappa shape index (κ1) is 8.98. The number of halogens is 1. The van der Waals surface area contributed by atoms with E-state index in [9.17, 15) is 4.39 Å². The Kier molecular flexibility index (Phi) is 2.53. The van der Waals surface area contributed by atoms with Crippen LogP contribution in [-0.4, -0.2) is 12.7 Å². The molecule has 1 saturated carbocycles. The molecule has 11 heavy (non-hydrogen) atoms. The van der Waals surface area contributed by atoms with Crippen molar-refractivity contribution in [3.63, 3.8) is 0 Å². The summed E-state index contributed by atoms with van der Waals surface area (Å²) in [6, 6.07) is 0. The lowest BCUT2D eigenvalue weighted by atomic mass is 9.63. The van der Waals surface area contributed by atoms with Gasteiger partial charge in [0.25, 0.3) is 0 Å². The summed E-state index contributed by atoms with van der Waals surface area (Å²) < 4.78 is 12.7. The van der Waals surface area contributed by atoms with Crippen molar-refractivity contribution in [2.24, 2.45) is 17.1 Å². The van der Waals surface area contributed by atoms with Gasteiger partial charge in [0.2, 0.25) is 0 Å². The largest absolute Gasteiger partial charge is 0.328 e. The van der Waals surface area contributed by atoms with Crippen molar-refractivity contribution in [1.82, 2.24) is 0 Å². The molecule has 66 valence electrons. The van der Waals surface area contributed by atoms with E-state index in [0.717, 1.165) is 0 Å². The maximum absolute atomic E-state index is 12.7. The molecule has 0 amide bonds. The first-order valence-electron chi connectivity index (χ1n) is 4.37. The summed E-state index contributed by atoms with van der Waals surface area (Å²) in [5, 5.41) is 0. The zero-order valence-corrected chi connectivity index (χ0v) is 7.44. The van der Waals surface area contributed by atoms with Crippen LogP contribution in [0.1, 0.15) is 33.1 Å². The molecule has 1 rings (SSSR count). The molecule has 1 fully saturated rings. The van der Waals surface area contributed by atoms with E-state index in [1.807, 2.05) is 0 Å². The highest BCUT2D eigenvalue weighted by atomic mass is 19.1. The fraction of sp³-hybridized carbons (Fsp3) is 1.00. The molecule has 0 unspecified atom stereocenters. The fourth-order valence-electron chi connectivity index (χ4n) is 2.13. The van der Waals surface area contributed by atoms with Crippen LogP contribution in [-0.2, 0) is 0 Å². The summed E-state index contributed by atoms with van der Waals surface area (Å²) in [6.45, 7) is 4.66. The summed E-state index contributed by atoms with van der Waals surface area (Å²) in [5.74, 6) is 0.601. The van der Waals surface area contributed by atoms with Gasteiger partial charge in [0, 0.05) is 6.54 Å². The Morgan fingerprint density at radius 2 is 2.09 bits per heavy atom. The second-order valence-electron chi connectivity index (χ2n) is 4.51. The van der Waals surface area contributed by atoms with Crippen LogP contribution >= 0.6 is 0 Å². The molecule has 0 bridgehead atoms. The average molecular weight is 159 g/mol. The zero-order chi connectivity index (χ0) is 8.48. The molecule has 2 heteroatoms. The molecule has 0 aliphatic heterocycles. The Morgan fingerprint density at radius 3 is 2.45 bits per heavy atom. The maximum Gasteiger partial charge on any atom is 0.113 e. The molecular formula is C9H18FN. The molecule has 0 radical (unpaired) electrons. The molecule has 0 saturated heterocycles. The maximum atomic E-state index is 12.7. The normalized spacial score (nSPS) is 26.2. The van der Waals surface area contributed by atoms with E-state index in [1.54, 1.807) is 0 Å². The van der Waals surface area contributed by atoms with Crippen molar-refractivity contribution in [3.8, 4) is 0 Å². The van der Waals surface area contributed by atoms with Gasteiger partial charge in [-0.25, -0.2) is 4.39 Å². The molecule has 0 aromatic carbocycles. The lowest BCUT2D eigenvalue weighted by Gasteiger charge is -2.43. The third kappa shape index (κ3) is 2.44. The first-order chi connectivity index (χ1) is 5.03. The summed E-state index contributed by atoms with van der Waals surface area (Å²) in [7, 11) is 0. The molecule has 1 aliphatic carbocycles. The van der Waals surface area contributed by atoms with Gasteiger partial charge in [-0.3, -0.25) is 0 Å². The lowest BCUT2D eigenvalue weighted by molar-refractivity contribution is 0.0694. The summed E-state index contributed by atoms with van der Waals surface area (Å²) in [6.07, 6.45) is 2.26. The number of hydrogen-bond donors (Lipinski definition) is 1. The van der Waals surface area contributed by atoms with Crippen molar-refractivity contribution in [1.29, 1.82) is 0 Å². The Balaban J connectivity index is 2.13. The van der Waals surface area contributed by atoms with E-state index < -0.39 is 6.17 Å². The molecule has 0 aromatic rings. The molecule has 1 aliphatic rings. The van der Waals surface area contributed by atoms with Crippen LogP contribution in [0, 0.1) is 11.3 Å². The Labute approximate surface area is 68.2 Å². The molecule has 1 nitrogen and oxygen atoms in total. The molecule has 0 heterocycles. The standard InChI is InChI=1S/C9H18FN/c1-9(2)4-7(5-9)3-8(10)6-11/h7-8H,3-6,11H2,1-2H3/t8-/m1/s1. The summed E-state index contributed by atoms with van der Waals surface area (Å²) >= 11 is 0. The van der Waals surface area contributed by atoms with E-state index in [-0.39, 0.29) is 6.54 Å². The van der Waals surface area contributed by atoms with Crippen LogP contribution in [0.5, 0.6) is 0 Å². The van der Waals surface area contributed by atoms with Crippen LogP contribution < -0.4 is 5.73 Å². The molecule has 2 N–H and O–H groups in total. The summed E-state index contributed by atoms with van der Waals surface area (Å²) in [5.41, 5.74) is 5.66. The van der Waals surface area contributed by atoms with E-state index in [2.05, 4.69) is 13.8 Å². The monoisotopic (exact) mass is 159 g/mol. The minimum atomic E-state index is -0.768. The Bertz CT molecular complexity index is 126. The van der Waals surface area contributed by atoms with Crippen LogP contribution in [0.15, 0.2) is 0 Å². The molecule has 0 aromatic heterocycles. The smallest absolute Gasteiger partial charge is 0.113 e. The SMILES string of the molecule is CC1(C)CC(C[C@@H](F)CN)C1. The van der Waals surface area contributed by atoms with Crippen molar-refractivity contribution < 1.29 is 4.39 Å². The van der Waals surface area contributed by atoms with Gasteiger partial charge < -0.3 is 5.73 Å². The van der Waals surface area contributed by atoms with Crippen LogP contribution in [0.25, 0.3) is 0 Å². The Morgan fingerprint density at radius 1 is 1.55 bits per heavy atom. The second-order valence-corrected chi connectivity index (χ2v) is 4.51. The van der Waals surface area contributed by atoms with Crippen LogP contribution in [0.2, 0.25) is 0 Å². The first-order valence-corrected chi connectivity index (χ1v) is 4.37. The predicted molar refractivity (Wildman–Crippen MR) is 45.1 cm³/mol. The van der Waals surface area contributed by atoms with Gasteiger partial charge in [-0.05, 0) is 30.6 Å². The van der Waals surface area contributed by atoms with Crippen molar-refractivity contribution in [3.05, 3.63) is 0 Å². The van der Waals surface area contributed by atoms with E-state index >= 15 is 0 Å². The lowest BCUT2D eigenvalue weighted by Crippen LogP contribution is -2.34. The van der Waals surface area contributed by atoms with E-state index in [1.165, 1.54) is 12.8 Å². The quantitative estimate of drug-likeness (QED) is 0.670. The highest BCUT2D eigenvalue weighted by Crippen LogP contribution is 2.46. The highest BCUT2D eigenvalue weighted by molar-refractivity contribution is 4.87. The van der Waals surface area contributed by atoms with E-state index in [0.29, 0.717) is 17.8 Å². The van der Waals surface area contributed by atoms with Gasteiger partial charge in [0.05, 0.1) is 0 Å². The van der Waals surface area contributed by atoms with Gasteiger partial charge in [-0.2, -0.15) is 0 Å². The van der Waals surface area contributed by atoms with Gasteiger partial charge in [-0.1, -0.05) is 13.8 Å². The topological polar surface area (TPSA) is 26.0 Å². The average Bonchev–Trinajstić information content (AvgIpc) is 1.83. The summed E-state index contributed by atoms with van der Waals surface area (Å²) in [4.78, 5) is 0. The number of nitrogens with two attached hydrogens (primary N) is 1. The van der Waals surface area contributed by atoms with Gasteiger partial charge >= 0.3 is 0 Å². The molecule has 0 spiro atoms. The van der Waals surface area contributed by atoms with Gasteiger partial charge in [0.15, 0.2) is 0 Å². The van der Waals surface area contributed by atoms with Crippen molar-refractivity contribution in [2.75, 3.05) is 6.54 Å². The minimum Gasteiger partial charge on any atom is -0.328 e. The van der Waals surface area contributed by atoms with E-state index in [4.69, 9.17) is 5.73 Å². The fourth-order valence-corrected chi connectivity index (χ4v) is 2.13. The number of hydrogen-bond acceptors (Lipinski definition) is 1. The highest BCUT2D eigenvalue weighted by Gasteiger charge is 2.36. The second kappa shape index (κ2) is 3.10. The Hall–Kier alpha value is -0.110. The third-order valence-corrected chi connectivity index (χ3v) is 2.53. The third-order valence-electron chi connectivity index (χ3n) is 2.53. The van der Waals surface area contributed by atoms with Gasteiger partial charge in [0.1, 0.15) is 6.17 Å². The zero-order valence-electron chi connectivity index (χ0n) is 7.44. The molecule has 1 atom stereocenters. The minimum absolute atomic E-state index is 0.191. The number of rotatable bonds is 3. The van der Waals surface area contributed by atoms with Crippen molar-refractivity contribution in [2.45, 2.75) is 39.3 Å². The molecular weight excluding hydrogens is 141 g/mol. The van der Waals surface area contributed by atoms with Gasteiger partial charge in [-0.15, -0.1) is 0 Å².